The maximum atomic E-state index is 13.6. The van der Waals surface area contributed by atoms with Gasteiger partial charge < -0.3 is 19.7 Å². The number of rotatable bonds is 9. The fraction of sp³-hybridized carbons (Fsp3) is 0.379. The van der Waals surface area contributed by atoms with Crippen LogP contribution in [0.25, 0.3) is 0 Å². The number of ether oxygens (including phenoxy) is 2. The number of hydrogen-bond acceptors (Lipinski definition) is 7. The first kappa shape index (κ1) is 27.6. The van der Waals surface area contributed by atoms with Gasteiger partial charge in [0.1, 0.15) is 23.7 Å². The highest BCUT2D eigenvalue weighted by atomic mass is 19.4. The molecule has 1 saturated heterocycles. The highest BCUT2D eigenvalue weighted by molar-refractivity contribution is 5.93. The van der Waals surface area contributed by atoms with Crippen molar-refractivity contribution in [2.75, 3.05) is 36.5 Å². The molecule has 5 rings (SSSR count). The summed E-state index contributed by atoms with van der Waals surface area (Å²) in [6.07, 6.45) is -1.50. The lowest BCUT2D eigenvalue weighted by atomic mass is 9.97. The molecular formula is C29H29F3N4O4. The van der Waals surface area contributed by atoms with Crippen LogP contribution >= 0.6 is 0 Å². The van der Waals surface area contributed by atoms with E-state index in [0.717, 1.165) is 36.1 Å². The second-order valence-corrected chi connectivity index (χ2v) is 10.1. The summed E-state index contributed by atoms with van der Waals surface area (Å²) in [6, 6.07) is 10.6. The molecule has 210 valence electrons. The molecule has 1 aromatic heterocycles. The Kier molecular flexibility index (Phi) is 8.02. The molecule has 40 heavy (non-hydrogen) atoms. The van der Waals surface area contributed by atoms with Gasteiger partial charge in [-0.25, -0.2) is 9.97 Å². The van der Waals surface area contributed by atoms with Gasteiger partial charge in [-0.05, 0) is 66.8 Å². The van der Waals surface area contributed by atoms with E-state index < -0.39 is 11.7 Å². The van der Waals surface area contributed by atoms with E-state index in [1.54, 1.807) is 24.3 Å². The van der Waals surface area contributed by atoms with E-state index >= 15 is 0 Å². The summed E-state index contributed by atoms with van der Waals surface area (Å²) in [6.45, 7) is 3.71. The molecule has 2 heterocycles. The SMILES string of the molecule is Cc1cc(Oc2cc(NC(=O)C3CC3)ncn2)ccc1CC(=O)Cc1cc(N2CCOCC2)cc(C(F)(F)F)c1. The monoisotopic (exact) mass is 554 g/mol. The zero-order valence-electron chi connectivity index (χ0n) is 22.0. The van der Waals surface area contributed by atoms with Gasteiger partial charge in [-0.2, -0.15) is 13.2 Å². The number of benzene rings is 2. The van der Waals surface area contributed by atoms with Crippen LogP contribution in [0.5, 0.6) is 11.6 Å². The van der Waals surface area contributed by atoms with E-state index in [1.165, 1.54) is 12.4 Å². The van der Waals surface area contributed by atoms with Gasteiger partial charge in [0, 0.05) is 43.6 Å². The fourth-order valence-corrected chi connectivity index (χ4v) is 4.53. The van der Waals surface area contributed by atoms with Crippen molar-refractivity contribution in [3.05, 3.63) is 71.0 Å². The number of halogens is 3. The molecule has 0 spiro atoms. The van der Waals surface area contributed by atoms with Crippen molar-refractivity contribution in [2.45, 2.75) is 38.8 Å². The number of carbonyl (C=O) groups excluding carboxylic acids is 2. The van der Waals surface area contributed by atoms with Crippen molar-refractivity contribution in [2.24, 2.45) is 5.92 Å². The summed E-state index contributed by atoms with van der Waals surface area (Å²) < 4.78 is 51.9. The second-order valence-electron chi connectivity index (χ2n) is 10.1. The molecule has 1 N–H and O–H groups in total. The topological polar surface area (TPSA) is 93.7 Å². The fourth-order valence-electron chi connectivity index (χ4n) is 4.53. The van der Waals surface area contributed by atoms with Gasteiger partial charge in [-0.1, -0.05) is 6.07 Å². The van der Waals surface area contributed by atoms with Crippen LogP contribution in [0.1, 0.15) is 35.1 Å². The molecule has 2 aliphatic rings. The summed E-state index contributed by atoms with van der Waals surface area (Å²) in [5, 5.41) is 2.75. The van der Waals surface area contributed by atoms with Crippen molar-refractivity contribution in [1.82, 2.24) is 9.97 Å². The lowest BCUT2D eigenvalue weighted by Crippen LogP contribution is -2.36. The maximum Gasteiger partial charge on any atom is 0.416 e. The molecule has 1 saturated carbocycles. The third kappa shape index (κ3) is 7.15. The van der Waals surface area contributed by atoms with E-state index in [1.807, 2.05) is 11.8 Å². The molecule has 0 atom stereocenters. The molecule has 1 aliphatic heterocycles. The van der Waals surface area contributed by atoms with Gasteiger partial charge in [0.25, 0.3) is 0 Å². The van der Waals surface area contributed by atoms with Crippen molar-refractivity contribution in [1.29, 1.82) is 0 Å². The van der Waals surface area contributed by atoms with Crippen LogP contribution < -0.4 is 15.0 Å². The van der Waals surface area contributed by atoms with Crippen molar-refractivity contribution in [3.63, 3.8) is 0 Å². The number of aryl methyl sites for hydroxylation is 1. The number of hydrogen-bond donors (Lipinski definition) is 1. The van der Waals surface area contributed by atoms with Gasteiger partial charge in [0.05, 0.1) is 18.8 Å². The normalized spacial score (nSPS) is 15.6. The van der Waals surface area contributed by atoms with Crippen LogP contribution in [-0.4, -0.2) is 48.0 Å². The second kappa shape index (κ2) is 11.6. The number of alkyl halides is 3. The van der Waals surface area contributed by atoms with E-state index in [0.29, 0.717) is 49.1 Å². The summed E-state index contributed by atoms with van der Waals surface area (Å²) in [7, 11) is 0. The third-order valence-electron chi connectivity index (χ3n) is 6.85. The molecule has 0 unspecified atom stereocenters. The average molecular weight is 555 g/mol. The summed E-state index contributed by atoms with van der Waals surface area (Å²) in [4.78, 5) is 34.9. The van der Waals surface area contributed by atoms with Gasteiger partial charge >= 0.3 is 6.18 Å². The van der Waals surface area contributed by atoms with E-state index in [9.17, 15) is 22.8 Å². The molecular weight excluding hydrogens is 525 g/mol. The average Bonchev–Trinajstić information content (AvgIpc) is 3.76. The van der Waals surface area contributed by atoms with Crippen molar-refractivity contribution in [3.8, 4) is 11.6 Å². The lowest BCUT2D eigenvalue weighted by Gasteiger charge is -2.29. The van der Waals surface area contributed by atoms with Gasteiger partial charge in [-0.3, -0.25) is 9.59 Å². The predicted molar refractivity (Wildman–Crippen MR) is 142 cm³/mol. The Morgan fingerprint density at radius 2 is 1.82 bits per heavy atom. The van der Waals surface area contributed by atoms with E-state index in [2.05, 4.69) is 15.3 Å². The highest BCUT2D eigenvalue weighted by Gasteiger charge is 2.32. The molecule has 11 heteroatoms. The number of Topliss-reactive ketones (excluding diaryl/α,β-unsaturated/α-hetero) is 1. The van der Waals surface area contributed by atoms with Crippen LogP contribution in [0, 0.1) is 12.8 Å². The first-order valence-corrected chi connectivity index (χ1v) is 13.1. The Hall–Kier alpha value is -3.99. The zero-order chi connectivity index (χ0) is 28.3. The minimum Gasteiger partial charge on any atom is -0.439 e. The molecule has 0 radical (unpaired) electrons. The number of morpholine rings is 1. The van der Waals surface area contributed by atoms with Crippen LogP contribution in [0.4, 0.5) is 24.7 Å². The number of anilines is 2. The first-order chi connectivity index (χ1) is 19.1. The molecule has 2 aromatic carbocycles. The van der Waals surface area contributed by atoms with Crippen molar-refractivity contribution >= 4 is 23.2 Å². The number of ketones is 1. The van der Waals surface area contributed by atoms with Gasteiger partial charge in [0.15, 0.2) is 0 Å². The largest absolute Gasteiger partial charge is 0.439 e. The minimum absolute atomic E-state index is 0.0395. The molecule has 1 aliphatic carbocycles. The van der Waals surface area contributed by atoms with Gasteiger partial charge in [-0.15, -0.1) is 0 Å². The molecule has 3 aromatic rings. The number of aromatic nitrogens is 2. The first-order valence-electron chi connectivity index (χ1n) is 13.1. The molecule has 8 nitrogen and oxygen atoms in total. The predicted octanol–water partition coefficient (Wildman–Crippen LogP) is 5.14. The van der Waals surface area contributed by atoms with E-state index in [4.69, 9.17) is 9.47 Å². The molecule has 2 fully saturated rings. The summed E-state index contributed by atoms with van der Waals surface area (Å²) >= 11 is 0. The Morgan fingerprint density at radius 1 is 1.05 bits per heavy atom. The zero-order valence-corrected chi connectivity index (χ0v) is 22.0. The summed E-state index contributed by atoms with van der Waals surface area (Å²) in [5.41, 5.74) is 1.54. The van der Waals surface area contributed by atoms with Crippen LogP contribution in [0.2, 0.25) is 0 Å². The molecule has 1 amide bonds. The van der Waals surface area contributed by atoms with Gasteiger partial charge in [0.2, 0.25) is 11.8 Å². The molecule has 0 bridgehead atoms. The highest BCUT2D eigenvalue weighted by Crippen LogP contribution is 2.34. The Morgan fingerprint density at radius 3 is 2.52 bits per heavy atom. The number of amides is 1. The van der Waals surface area contributed by atoms with Crippen LogP contribution in [0.3, 0.4) is 0 Å². The standard InChI is InChI=1S/C29H29F3N4O4/c1-18-10-25(40-27-16-26(33-17-34-27)35-28(38)20-2-3-20)5-4-21(18)14-24(37)13-19-11-22(29(30,31)32)15-23(12-19)36-6-8-39-9-7-36/h4-5,10-12,15-17,20H,2-3,6-9,13-14H2,1H3,(H,33,34,35,38). The Bertz CT molecular complexity index is 1400. The lowest BCUT2D eigenvalue weighted by molar-refractivity contribution is -0.137. The minimum atomic E-state index is -4.51. The van der Waals surface area contributed by atoms with Crippen LogP contribution in [-0.2, 0) is 33.3 Å². The van der Waals surface area contributed by atoms with E-state index in [-0.39, 0.29) is 36.3 Å². The third-order valence-corrected chi connectivity index (χ3v) is 6.85. The Labute approximate surface area is 229 Å². The number of carbonyl (C=O) groups is 2. The number of nitrogens with one attached hydrogen (secondary N) is 1. The smallest absolute Gasteiger partial charge is 0.416 e. The van der Waals surface area contributed by atoms with Crippen LogP contribution in [0.15, 0.2) is 48.8 Å². The van der Waals surface area contributed by atoms with Crippen molar-refractivity contribution < 1.29 is 32.2 Å². The summed E-state index contributed by atoms with van der Waals surface area (Å²) in [5.74, 6) is 0.863. The number of nitrogens with zero attached hydrogens (tertiary/aromatic N) is 3. The Balaban J connectivity index is 1.24. The quantitative estimate of drug-likeness (QED) is 0.392. The maximum absolute atomic E-state index is 13.6.